The highest BCUT2D eigenvalue weighted by molar-refractivity contribution is 5.86. The molecule has 31 heavy (non-hydrogen) atoms. The maximum absolute atomic E-state index is 12.7. The van der Waals surface area contributed by atoms with Crippen molar-refractivity contribution in [2.75, 3.05) is 27.4 Å². The largest absolute Gasteiger partial charge is 0.496 e. The molecular weight excluding hydrogens is 408 g/mol. The fraction of sp³-hybridized carbons (Fsp3) is 0.318. The van der Waals surface area contributed by atoms with Crippen molar-refractivity contribution >= 4 is 11.0 Å². The van der Waals surface area contributed by atoms with Crippen molar-refractivity contribution in [3.63, 3.8) is 0 Å². The van der Waals surface area contributed by atoms with E-state index in [1.807, 2.05) is 0 Å². The van der Waals surface area contributed by atoms with E-state index in [-0.39, 0.29) is 12.0 Å². The first-order chi connectivity index (χ1) is 14.9. The summed E-state index contributed by atoms with van der Waals surface area (Å²) in [5.41, 5.74) is -1.08. The average molecular weight is 430 g/mol. The minimum Gasteiger partial charge on any atom is -0.496 e. The lowest BCUT2D eigenvalue weighted by Crippen LogP contribution is -2.48. The summed E-state index contributed by atoms with van der Waals surface area (Å²) in [6, 6.07) is 11.2. The molecule has 1 aliphatic rings. The van der Waals surface area contributed by atoms with Crippen molar-refractivity contribution in [1.82, 2.24) is 0 Å². The van der Waals surface area contributed by atoms with Gasteiger partial charge < -0.3 is 38.7 Å². The zero-order valence-corrected chi connectivity index (χ0v) is 16.9. The number of hydrogen-bond acceptors (Lipinski definition) is 9. The minimum atomic E-state index is -1.76. The Morgan fingerprint density at radius 3 is 2.45 bits per heavy atom. The number of fused-ring (bicyclic) bond motifs is 1. The third-order valence-electron chi connectivity index (χ3n) is 5.19. The van der Waals surface area contributed by atoms with Crippen molar-refractivity contribution < 1.29 is 38.7 Å². The molecule has 0 radical (unpaired) electrons. The Kier molecular flexibility index (Phi) is 5.59. The van der Waals surface area contributed by atoms with Crippen LogP contribution in [-0.4, -0.2) is 60.7 Å². The van der Waals surface area contributed by atoms with E-state index in [0.717, 1.165) is 0 Å². The standard InChI is InChI=1S/C22H22O9/c1-27-14-7-17(28-2)19-15(24)9-16(31-18(19)8-14)12-3-5-13(6-4-12)30-21-20(25)22(26,10-23)11-29-21/h3-9,20-21,23,25-26H,10-11H2,1-2H3. The van der Waals surface area contributed by atoms with Crippen LogP contribution >= 0.6 is 0 Å². The Labute approximate surface area is 177 Å². The molecule has 3 aromatic rings. The van der Waals surface area contributed by atoms with Crippen LogP contribution in [0.1, 0.15) is 0 Å². The molecule has 0 bridgehead atoms. The highest BCUT2D eigenvalue weighted by Gasteiger charge is 2.49. The first-order valence-electron chi connectivity index (χ1n) is 9.48. The number of ether oxygens (including phenoxy) is 4. The summed E-state index contributed by atoms with van der Waals surface area (Å²) in [6.45, 7) is -0.897. The topological polar surface area (TPSA) is 128 Å². The summed E-state index contributed by atoms with van der Waals surface area (Å²) in [4.78, 5) is 12.7. The summed E-state index contributed by atoms with van der Waals surface area (Å²) in [5.74, 6) is 1.55. The number of hydrogen-bond donors (Lipinski definition) is 3. The molecule has 0 saturated carbocycles. The fourth-order valence-corrected chi connectivity index (χ4v) is 3.38. The molecule has 9 nitrogen and oxygen atoms in total. The first-order valence-corrected chi connectivity index (χ1v) is 9.48. The molecule has 1 aliphatic heterocycles. The van der Waals surface area contributed by atoms with E-state index in [9.17, 15) is 20.1 Å². The molecule has 3 atom stereocenters. The van der Waals surface area contributed by atoms with Crippen molar-refractivity contribution in [2.24, 2.45) is 0 Å². The number of aliphatic hydroxyl groups is 3. The Morgan fingerprint density at radius 1 is 1.10 bits per heavy atom. The average Bonchev–Trinajstić information content (AvgIpc) is 3.07. The molecule has 0 aliphatic carbocycles. The van der Waals surface area contributed by atoms with Crippen LogP contribution in [0.3, 0.4) is 0 Å². The van der Waals surface area contributed by atoms with Gasteiger partial charge in [0, 0.05) is 23.8 Å². The normalized spacial score (nSPS) is 23.1. The third-order valence-corrected chi connectivity index (χ3v) is 5.19. The molecule has 4 rings (SSSR count). The summed E-state index contributed by atoms with van der Waals surface area (Å²) >= 11 is 0. The molecule has 3 unspecified atom stereocenters. The van der Waals surface area contributed by atoms with Crippen molar-refractivity contribution in [2.45, 2.75) is 18.0 Å². The predicted octanol–water partition coefficient (Wildman–Crippen LogP) is 1.30. The molecule has 3 N–H and O–H groups in total. The quantitative estimate of drug-likeness (QED) is 0.530. The van der Waals surface area contributed by atoms with E-state index >= 15 is 0 Å². The van der Waals surface area contributed by atoms with Crippen molar-refractivity contribution in [1.29, 1.82) is 0 Å². The minimum absolute atomic E-state index is 0.247. The van der Waals surface area contributed by atoms with Gasteiger partial charge in [-0.25, -0.2) is 0 Å². The molecule has 1 saturated heterocycles. The van der Waals surface area contributed by atoms with Gasteiger partial charge in [0.1, 0.15) is 45.7 Å². The number of aliphatic hydroxyl groups excluding tert-OH is 2. The van der Waals surface area contributed by atoms with E-state index in [2.05, 4.69) is 0 Å². The number of rotatable bonds is 6. The van der Waals surface area contributed by atoms with E-state index in [4.69, 9.17) is 23.4 Å². The van der Waals surface area contributed by atoms with Crippen LogP contribution in [0.2, 0.25) is 0 Å². The Morgan fingerprint density at radius 2 is 1.84 bits per heavy atom. The third kappa shape index (κ3) is 3.84. The van der Waals surface area contributed by atoms with Gasteiger partial charge in [0.05, 0.1) is 27.4 Å². The van der Waals surface area contributed by atoms with Crippen LogP contribution in [0.5, 0.6) is 17.2 Å². The lowest BCUT2D eigenvalue weighted by atomic mass is 10.0. The summed E-state index contributed by atoms with van der Waals surface area (Å²) in [7, 11) is 2.97. The molecule has 0 spiro atoms. The van der Waals surface area contributed by atoms with Crippen LogP contribution in [-0.2, 0) is 4.74 Å². The summed E-state index contributed by atoms with van der Waals surface area (Å²) in [6.07, 6.45) is -2.53. The van der Waals surface area contributed by atoms with E-state index in [1.165, 1.54) is 20.3 Å². The maximum atomic E-state index is 12.7. The van der Waals surface area contributed by atoms with Crippen molar-refractivity contribution in [3.8, 4) is 28.6 Å². The molecule has 2 heterocycles. The molecule has 1 fully saturated rings. The first kappa shape index (κ1) is 21.1. The summed E-state index contributed by atoms with van der Waals surface area (Å²) < 4.78 is 27.2. The van der Waals surface area contributed by atoms with Gasteiger partial charge in [-0.15, -0.1) is 0 Å². The van der Waals surface area contributed by atoms with Gasteiger partial charge in [0.2, 0.25) is 6.29 Å². The fourth-order valence-electron chi connectivity index (χ4n) is 3.38. The SMILES string of the molecule is COc1cc(OC)c2c(=O)cc(-c3ccc(OC4OCC(O)(CO)C4O)cc3)oc2c1. The highest BCUT2D eigenvalue weighted by Crippen LogP contribution is 2.33. The number of methoxy groups -OCH3 is 2. The number of benzene rings is 2. The second-order valence-electron chi connectivity index (χ2n) is 7.21. The summed E-state index contributed by atoms with van der Waals surface area (Å²) in [5, 5.41) is 29.6. The van der Waals surface area contributed by atoms with Crippen LogP contribution < -0.4 is 19.6 Å². The zero-order valence-electron chi connectivity index (χ0n) is 16.9. The molecule has 0 amide bonds. The maximum Gasteiger partial charge on any atom is 0.229 e. The van der Waals surface area contributed by atoms with Gasteiger partial charge in [0.15, 0.2) is 5.43 Å². The van der Waals surface area contributed by atoms with Gasteiger partial charge in [-0.05, 0) is 24.3 Å². The van der Waals surface area contributed by atoms with Crippen LogP contribution in [0.25, 0.3) is 22.3 Å². The van der Waals surface area contributed by atoms with Gasteiger partial charge in [0.25, 0.3) is 0 Å². The highest BCUT2D eigenvalue weighted by atomic mass is 16.7. The van der Waals surface area contributed by atoms with Gasteiger partial charge in [-0.1, -0.05) is 0 Å². The molecular formula is C22H22O9. The molecule has 9 heteroatoms. The van der Waals surface area contributed by atoms with Crippen LogP contribution in [0, 0.1) is 0 Å². The zero-order chi connectivity index (χ0) is 22.2. The van der Waals surface area contributed by atoms with E-state index < -0.39 is 24.6 Å². The molecule has 2 aromatic carbocycles. The second kappa shape index (κ2) is 8.20. The Hall–Kier alpha value is -3.11. The van der Waals surface area contributed by atoms with E-state index in [0.29, 0.717) is 39.5 Å². The Bertz CT molecular complexity index is 1140. The van der Waals surface area contributed by atoms with Gasteiger partial charge in [-0.3, -0.25) is 4.79 Å². The molecule has 164 valence electrons. The van der Waals surface area contributed by atoms with Gasteiger partial charge >= 0.3 is 0 Å². The predicted molar refractivity (Wildman–Crippen MR) is 109 cm³/mol. The smallest absolute Gasteiger partial charge is 0.229 e. The monoisotopic (exact) mass is 430 g/mol. The molecule has 1 aromatic heterocycles. The van der Waals surface area contributed by atoms with Gasteiger partial charge in [-0.2, -0.15) is 0 Å². The van der Waals surface area contributed by atoms with Crippen LogP contribution in [0.4, 0.5) is 0 Å². The lowest BCUT2D eigenvalue weighted by molar-refractivity contribution is -0.115. The lowest BCUT2D eigenvalue weighted by Gasteiger charge is -2.23. The van der Waals surface area contributed by atoms with Crippen LogP contribution in [0.15, 0.2) is 51.7 Å². The van der Waals surface area contributed by atoms with Crippen molar-refractivity contribution in [3.05, 3.63) is 52.7 Å². The second-order valence-corrected chi connectivity index (χ2v) is 7.21. The van der Waals surface area contributed by atoms with E-state index in [1.54, 1.807) is 36.4 Å². The Balaban J connectivity index is 1.61.